The molecular formula is C18H26N4O4S. The van der Waals surface area contributed by atoms with E-state index < -0.39 is 10.2 Å². The van der Waals surface area contributed by atoms with E-state index in [9.17, 15) is 8.42 Å². The number of rotatable bonds is 9. The first-order valence-electron chi connectivity index (χ1n) is 9.16. The lowest BCUT2D eigenvalue weighted by atomic mass is 10.0. The maximum absolute atomic E-state index is 12.5. The van der Waals surface area contributed by atoms with E-state index in [0.717, 1.165) is 18.4 Å². The largest absolute Gasteiger partial charge is 0.384 e. The van der Waals surface area contributed by atoms with Crippen molar-refractivity contribution in [3.8, 4) is 0 Å². The standard InChI is InChI=1S/C18H26N4O4S/c1-25-14-16-8-5-11-22(13-16)27(23,24)19-10-9-18-20-17(21-26-18)12-15-6-3-2-4-7-15/h2-4,6-7,16,19H,5,8-14H2,1H3. The van der Waals surface area contributed by atoms with Gasteiger partial charge in [0.05, 0.1) is 6.61 Å². The Morgan fingerprint density at radius 2 is 2.15 bits per heavy atom. The Morgan fingerprint density at radius 3 is 2.93 bits per heavy atom. The molecule has 148 valence electrons. The Hall–Kier alpha value is -1.81. The van der Waals surface area contributed by atoms with Gasteiger partial charge in [-0.2, -0.15) is 17.7 Å². The van der Waals surface area contributed by atoms with Crippen LogP contribution in [0, 0.1) is 5.92 Å². The molecule has 1 fully saturated rings. The van der Waals surface area contributed by atoms with E-state index in [0.29, 0.717) is 44.3 Å². The summed E-state index contributed by atoms with van der Waals surface area (Å²) in [5, 5.41) is 3.96. The second kappa shape index (κ2) is 9.41. The topological polar surface area (TPSA) is 97.6 Å². The zero-order valence-electron chi connectivity index (χ0n) is 15.5. The van der Waals surface area contributed by atoms with Crippen LogP contribution in [0.2, 0.25) is 0 Å². The molecule has 1 aromatic carbocycles. The van der Waals surface area contributed by atoms with Gasteiger partial charge in [0, 0.05) is 39.6 Å². The Balaban J connectivity index is 1.47. The summed E-state index contributed by atoms with van der Waals surface area (Å²) >= 11 is 0. The van der Waals surface area contributed by atoms with Gasteiger partial charge in [-0.05, 0) is 24.3 Å². The fraction of sp³-hybridized carbons (Fsp3) is 0.556. The number of hydrogen-bond acceptors (Lipinski definition) is 6. The molecule has 1 aliphatic heterocycles. The molecule has 8 nitrogen and oxygen atoms in total. The van der Waals surface area contributed by atoms with Gasteiger partial charge in [-0.15, -0.1) is 0 Å². The summed E-state index contributed by atoms with van der Waals surface area (Å²) in [6.07, 6.45) is 2.79. The molecule has 1 saturated heterocycles. The van der Waals surface area contributed by atoms with Crippen molar-refractivity contribution in [1.29, 1.82) is 0 Å². The van der Waals surface area contributed by atoms with Crippen molar-refractivity contribution >= 4 is 10.2 Å². The molecule has 1 aliphatic rings. The van der Waals surface area contributed by atoms with Crippen LogP contribution < -0.4 is 4.72 Å². The van der Waals surface area contributed by atoms with Gasteiger partial charge >= 0.3 is 0 Å². The van der Waals surface area contributed by atoms with E-state index in [4.69, 9.17) is 9.26 Å². The van der Waals surface area contributed by atoms with E-state index in [-0.39, 0.29) is 12.5 Å². The number of hydrogen-bond donors (Lipinski definition) is 1. The first-order chi connectivity index (χ1) is 13.1. The highest BCUT2D eigenvalue weighted by Crippen LogP contribution is 2.18. The van der Waals surface area contributed by atoms with Crippen LogP contribution in [0.4, 0.5) is 0 Å². The quantitative estimate of drug-likeness (QED) is 0.690. The molecule has 9 heteroatoms. The van der Waals surface area contributed by atoms with Crippen molar-refractivity contribution in [2.45, 2.75) is 25.7 Å². The molecule has 2 heterocycles. The van der Waals surface area contributed by atoms with Gasteiger partial charge in [0.1, 0.15) is 0 Å². The van der Waals surface area contributed by atoms with Crippen LogP contribution in [0.5, 0.6) is 0 Å². The van der Waals surface area contributed by atoms with E-state index in [1.54, 1.807) is 7.11 Å². The van der Waals surface area contributed by atoms with E-state index in [1.807, 2.05) is 30.3 Å². The number of piperidine rings is 1. The van der Waals surface area contributed by atoms with Crippen molar-refractivity contribution in [3.63, 3.8) is 0 Å². The molecule has 0 radical (unpaired) electrons. The molecule has 3 rings (SSSR count). The summed E-state index contributed by atoms with van der Waals surface area (Å²) in [5.74, 6) is 1.27. The summed E-state index contributed by atoms with van der Waals surface area (Å²) in [4.78, 5) is 4.33. The molecule has 1 N–H and O–H groups in total. The molecule has 0 amide bonds. The highest BCUT2D eigenvalue weighted by Gasteiger charge is 2.28. The molecule has 0 saturated carbocycles. The average Bonchev–Trinajstić information content (AvgIpc) is 3.10. The normalized spacial score (nSPS) is 18.6. The lowest BCUT2D eigenvalue weighted by molar-refractivity contribution is 0.118. The minimum absolute atomic E-state index is 0.223. The zero-order valence-corrected chi connectivity index (χ0v) is 16.3. The number of nitrogens with zero attached hydrogens (tertiary/aromatic N) is 3. The fourth-order valence-corrected chi connectivity index (χ4v) is 4.56. The first-order valence-corrected chi connectivity index (χ1v) is 10.6. The van der Waals surface area contributed by atoms with Gasteiger partial charge in [-0.1, -0.05) is 35.5 Å². The second-order valence-electron chi connectivity index (χ2n) is 6.74. The molecular weight excluding hydrogens is 368 g/mol. The number of methoxy groups -OCH3 is 1. The lowest BCUT2D eigenvalue weighted by Gasteiger charge is -2.31. The number of nitrogens with one attached hydrogen (secondary N) is 1. The first kappa shape index (κ1) is 19.9. The Labute approximate surface area is 160 Å². The van der Waals surface area contributed by atoms with Crippen LogP contribution >= 0.6 is 0 Å². The van der Waals surface area contributed by atoms with E-state index in [1.165, 1.54) is 4.31 Å². The molecule has 1 atom stereocenters. The summed E-state index contributed by atoms with van der Waals surface area (Å²) < 4.78 is 39.5. The highest BCUT2D eigenvalue weighted by molar-refractivity contribution is 7.87. The van der Waals surface area contributed by atoms with Crippen LogP contribution in [0.15, 0.2) is 34.9 Å². The average molecular weight is 394 g/mol. The minimum Gasteiger partial charge on any atom is -0.384 e. The summed E-state index contributed by atoms with van der Waals surface area (Å²) in [7, 11) is -1.87. The zero-order chi connectivity index (χ0) is 19.1. The maximum atomic E-state index is 12.5. The van der Waals surface area contributed by atoms with Gasteiger partial charge in [-0.25, -0.2) is 4.72 Å². The van der Waals surface area contributed by atoms with E-state index >= 15 is 0 Å². The Kier molecular flexibility index (Phi) is 6.95. The second-order valence-corrected chi connectivity index (χ2v) is 8.49. The van der Waals surface area contributed by atoms with Gasteiger partial charge in [-0.3, -0.25) is 0 Å². The number of benzene rings is 1. The Bertz CT molecular complexity index is 808. The summed E-state index contributed by atoms with van der Waals surface area (Å²) in [6, 6.07) is 9.88. The predicted molar refractivity (Wildman–Crippen MR) is 100 cm³/mol. The molecule has 1 aromatic heterocycles. The Morgan fingerprint density at radius 1 is 1.33 bits per heavy atom. The monoisotopic (exact) mass is 394 g/mol. The van der Waals surface area contributed by atoms with Crippen LogP contribution in [0.1, 0.15) is 30.1 Å². The smallest absolute Gasteiger partial charge is 0.279 e. The molecule has 0 aliphatic carbocycles. The van der Waals surface area contributed by atoms with Crippen molar-refractivity contribution in [1.82, 2.24) is 19.2 Å². The summed E-state index contributed by atoms with van der Waals surface area (Å²) in [6.45, 7) is 1.83. The van der Waals surface area contributed by atoms with Crippen molar-refractivity contribution in [2.75, 3.05) is 33.4 Å². The number of ether oxygens (including phenoxy) is 1. The summed E-state index contributed by atoms with van der Waals surface area (Å²) in [5.41, 5.74) is 1.10. The highest BCUT2D eigenvalue weighted by atomic mass is 32.2. The minimum atomic E-state index is -3.51. The maximum Gasteiger partial charge on any atom is 0.279 e. The predicted octanol–water partition coefficient (Wildman–Crippen LogP) is 1.40. The lowest BCUT2D eigenvalue weighted by Crippen LogP contribution is -2.47. The van der Waals surface area contributed by atoms with E-state index in [2.05, 4.69) is 14.9 Å². The molecule has 0 spiro atoms. The van der Waals surface area contributed by atoms with Crippen molar-refractivity contribution in [3.05, 3.63) is 47.6 Å². The van der Waals surface area contributed by atoms with Gasteiger partial charge in [0.2, 0.25) is 5.89 Å². The van der Waals surface area contributed by atoms with Crippen molar-refractivity contribution < 1.29 is 17.7 Å². The molecule has 1 unspecified atom stereocenters. The van der Waals surface area contributed by atoms with Crippen LogP contribution in [0.25, 0.3) is 0 Å². The van der Waals surface area contributed by atoms with Gasteiger partial charge in [0.15, 0.2) is 5.82 Å². The van der Waals surface area contributed by atoms with Crippen LogP contribution in [-0.2, 0) is 27.8 Å². The number of aromatic nitrogens is 2. The third kappa shape index (κ3) is 5.83. The SMILES string of the molecule is COCC1CCCN(S(=O)(=O)NCCc2nc(Cc3ccccc3)no2)C1. The van der Waals surface area contributed by atoms with Gasteiger partial charge < -0.3 is 9.26 Å². The molecule has 0 bridgehead atoms. The fourth-order valence-electron chi connectivity index (χ4n) is 3.24. The third-order valence-corrected chi connectivity index (χ3v) is 6.14. The van der Waals surface area contributed by atoms with Crippen LogP contribution in [0.3, 0.4) is 0 Å². The molecule has 2 aromatic rings. The van der Waals surface area contributed by atoms with Crippen molar-refractivity contribution in [2.24, 2.45) is 5.92 Å². The van der Waals surface area contributed by atoms with Crippen LogP contribution in [-0.4, -0.2) is 56.2 Å². The molecule has 27 heavy (non-hydrogen) atoms. The third-order valence-electron chi connectivity index (χ3n) is 4.56. The van der Waals surface area contributed by atoms with Gasteiger partial charge in [0.25, 0.3) is 10.2 Å².